The summed E-state index contributed by atoms with van der Waals surface area (Å²) in [6, 6.07) is 49.5. The lowest BCUT2D eigenvalue weighted by Gasteiger charge is -2.47. The predicted octanol–water partition coefficient (Wildman–Crippen LogP) is 15.3. The molecule has 7 aromatic rings. The van der Waals surface area contributed by atoms with Crippen molar-refractivity contribution in [2.75, 3.05) is 9.80 Å². The van der Waals surface area contributed by atoms with Gasteiger partial charge < -0.3 is 9.80 Å². The molecule has 0 amide bonds. The van der Waals surface area contributed by atoms with Crippen molar-refractivity contribution < 1.29 is 4.11 Å². The van der Waals surface area contributed by atoms with Crippen molar-refractivity contribution in [1.29, 1.82) is 0 Å². The van der Waals surface area contributed by atoms with E-state index in [0.717, 1.165) is 81.1 Å². The van der Waals surface area contributed by atoms with Crippen molar-refractivity contribution in [2.24, 2.45) is 0 Å². The van der Waals surface area contributed by atoms with E-state index in [-0.39, 0.29) is 33.8 Å². The molecule has 2 aliphatic heterocycles. The first-order valence-corrected chi connectivity index (χ1v) is 24.4. The van der Waals surface area contributed by atoms with Crippen LogP contribution in [0.2, 0.25) is 0 Å². The van der Waals surface area contributed by atoms with Crippen LogP contribution in [0, 0.1) is 13.8 Å². The highest BCUT2D eigenvalue weighted by Gasteiger charge is 2.49. The number of rotatable bonds is 4. The summed E-state index contributed by atoms with van der Waals surface area (Å²) in [6.07, 6.45) is 3.28. The van der Waals surface area contributed by atoms with Gasteiger partial charge in [-0.3, -0.25) is 0 Å². The Labute approximate surface area is 400 Å². The van der Waals surface area contributed by atoms with Crippen molar-refractivity contribution in [3.63, 3.8) is 0 Å². The monoisotopic (exact) mass is 866 g/mol. The lowest BCUT2D eigenvalue weighted by atomic mass is 9.33. The van der Waals surface area contributed by atoms with Crippen LogP contribution in [-0.2, 0) is 27.1 Å². The molecule has 0 saturated carbocycles. The summed E-state index contributed by atoms with van der Waals surface area (Å²) in [5, 5.41) is 0. The Morgan fingerprint density at radius 1 is 0.485 bits per heavy atom. The zero-order valence-electron chi connectivity index (χ0n) is 44.3. The van der Waals surface area contributed by atoms with Crippen LogP contribution in [0.1, 0.15) is 138 Å². The molecular formula is C63H67BN2. The summed E-state index contributed by atoms with van der Waals surface area (Å²) >= 11 is 0. The predicted molar refractivity (Wildman–Crippen MR) is 285 cm³/mol. The van der Waals surface area contributed by atoms with Crippen LogP contribution >= 0.6 is 0 Å². The van der Waals surface area contributed by atoms with Crippen molar-refractivity contribution in [3.8, 4) is 22.3 Å². The van der Waals surface area contributed by atoms with Gasteiger partial charge in [-0.1, -0.05) is 167 Å². The van der Waals surface area contributed by atoms with E-state index in [9.17, 15) is 4.11 Å². The maximum absolute atomic E-state index is 9.24. The molecule has 0 radical (unpaired) electrons. The van der Waals surface area contributed by atoms with Crippen molar-refractivity contribution in [2.45, 2.75) is 136 Å². The van der Waals surface area contributed by atoms with E-state index in [1.807, 2.05) is 12.1 Å². The average Bonchev–Trinajstić information content (AvgIpc) is 3.48. The van der Waals surface area contributed by atoms with E-state index in [1.54, 1.807) is 0 Å². The second-order valence-corrected chi connectivity index (χ2v) is 23.9. The Morgan fingerprint density at radius 3 is 1.65 bits per heavy atom. The number of hydrogen-bond donors (Lipinski definition) is 0. The molecule has 2 nitrogen and oxygen atoms in total. The Balaban J connectivity index is 1.30. The van der Waals surface area contributed by atoms with Gasteiger partial charge in [0.2, 0.25) is 0 Å². The largest absolute Gasteiger partial charge is 0.311 e. The van der Waals surface area contributed by atoms with E-state index in [2.05, 4.69) is 214 Å². The van der Waals surface area contributed by atoms with E-state index in [4.69, 9.17) is 0 Å². The molecule has 2 heterocycles. The van der Waals surface area contributed by atoms with Gasteiger partial charge in [-0.2, -0.15) is 0 Å². The van der Waals surface area contributed by atoms with Gasteiger partial charge >= 0.3 is 0 Å². The molecule has 0 saturated heterocycles. The molecule has 0 atom stereocenters. The number of anilines is 6. The average molecular weight is 866 g/mol. The lowest BCUT2D eigenvalue weighted by molar-refractivity contribution is 0.332. The molecule has 7 aromatic carbocycles. The maximum Gasteiger partial charge on any atom is 0.252 e. The summed E-state index contributed by atoms with van der Waals surface area (Å²) in [5.41, 5.74) is 22.5. The Bertz CT molecular complexity index is 3240. The van der Waals surface area contributed by atoms with Crippen LogP contribution in [0.15, 0.2) is 133 Å². The Morgan fingerprint density at radius 2 is 1.03 bits per heavy atom. The third-order valence-corrected chi connectivity index (χ3v) is 16.3. The molecule has 3 heteroatoms. The molecule has 0 spiro atoms. The summed E-state index contributed by atoms with van der Waals surface area (Å²) < 4.78 is 27.7. The van der Waals surface area contributed by atoms with Crippen molar-refractivity contribution >= 4 is 57.2 Å². The highest BCUT2D eigenvalue weighted by molar-refractivity contribution is 7.00. The fourth-order valence-corrected chi connectivity index (χ4v) is 12.8. The second-order valence-electron chi connectivity index (χ2n) is 23.9. The van der Waals surface area contributed by atoms with Gasteiger partial charge in [0.15, 0.2) is 0 Å². The molecule has 2 aliphatic carbocycles. The van der Waals surface area contributed by atoms with E-state index >= 15 is 0 Å². The maximum atomic E-state index is 9.24. The smallest absolute Gasteiger partial charge is 0.252 e. The third-order valence-electron chi connectivity index (χ3n) is 16.3. The van der Waals surface area contributed by atoms with Gasteiger partial charge in [0.25, 0.3) is 6.71 Å². The van der Waals surface area contributed by atoms with Crippen LogP contribution in [0.25, 0.3) is 22.3 Å². The third kappa shape index (κ3) is 6.50. The van der Waals surface area contributed by atoms with Crippen LogP contribution in [-0.4, -0.2) is 6.71 Å². The summed E-state index contributed by atoms with van der Waals surface area (Å²) in [5.74, 6) is 0. The normalized spacial score (nSPS) is 18.8. The van der Waals surface area contributed by atoms with Crippen LogP contribution in [0.5, 0.6) is 0 Å². The molecule has 0 N–H and O–H groups in total. The molecule has 4 aliphatic rings. The zero-order chi connectivity index (χ0) is 49.0. The van der Waals surface area contributed by atoms with Crippen LogP contribution in [0.3, 0.4) is 0 Å². The minimum absolute atomic E-state index is 0.0301. The lowest BCUT2D eigenvalue weighted by Crippen LogP contribution is -2.61. The highest BCUT2D eigenvalue weighted by Crippen LogP contribution is 2.55. The van der Waals surface area contributed by atoms with Crippen LogP contribution < -0.4 is 26.2 Å². The molecule has 332 valence electrons. The first-order valence-electron chi connectivity index (χ1n) is 25.9. The zero-order valence-corrected chi connectivity index (χ0v) is 41.3. The van der Waals surface area contributed by atoms with Gasteiger partial charge in [-0.05, 0) is 175 Å². The SMILES string of the molecule is [2H]C([2H])([2H])c1cc2c3c(c1)N(c1ccc(C(C)(C)C)cc1-c1ccccc1)c1cc(-c4ccccc4)ccc1B3c1cc3c(cc1N2c1cc2c(cc1C)C(C)(C)CCC2(C)C)C(C)(C)CC3(C)C. The second kappa shape index (κ2) is 14.4. The van der Waals surface area contributed by atoms with Gasteiger partial charge in [0, 0.05) is 38.1 Å². The first-order chi connectivity index (χ1) is 32.4. The molecule has 11 rings (SSSR count). The minimum Gasteiger partial charge on any atom is -0.311 e. The molecule has 0 fully saturated rings. The van der Waals surface area contributed by atoms with E-state index in [1.165, 1.54) is 44.3 Å². The van der Waals surface area contributed by atoms with Crippen LogP contribution in [0.4, 0.5) is 34.1 Å². The first kappa shape index (κ1) is 39.4. The van der Waals surface area contributed by atoms with Gasteiger partial charge in [-0.25, -0.2) is 0 Å². The molecule has 0 aromatic heterocycles. The van der Waals surface area contributed by atoms with Gasteiger partial charge in [0.1, 0.15) is 0 Å². The van der Waals surface area contributed by atoms with E-state index in [0.29, 0.717) is 5.56 Å². The summed E-state index contributed by atoms with van der Waals surface area (Å²) in [6.45, 7) is 25.8. The van der Waals surface area contributed by atoms with Crippen molar-refractivity contribution in [1.82, 2.24) is 0 Å². The number of aryl methyl sites for hydroxylation is 2. The van der Waals surface area contributed by atoms with Crippen molar-refractivity contribution in [3.05, 3.63) is 172 Å². The number of nitrogens with zero attached hydrogens (tertiary/aromatic N) is 2. The molecule has 0 bridgehead atoms. The quantitative estimate of drug-likeness (QED) is 0.163. The standard InChI is InChI=1S/C63H67BN2/c1-39-30-56-58-57(31-39)66(53-36-48-46(32-40(53)2)60(6,7)28-29-61(48,8)9)55-37-49-47(62(10,11)38-63(49,12)13)35-51(55)64(58)50-26-24-43(41-20-16-14-17-21-41)33-54(50)65(56)52-27-25-44(59(3,4)5)34-45(52)42-22-18-15-19-23-42/h14-27,30-37H,28-29,38H2,1-13H3/i1D3. The summed E-state index contributed by atoms with van der Waals surface area (Å²) in [7, 11) is 0. The molecular weight excluding hydrogens is 796 g/mol. The fraction of sp³-hybridized carbons (Fsp3) is 0.333. The Hall–Kier alpha value is -5.80. The fourth-order valence-electron chi connectivity index (χ4n) is 12.8. The summed E-state index contributed by atoms with van der Waals surface area (Å²) in [4.78, 5) is 4.92. The molecule has 0 unspecified atom stereocenters. The highest BCUT2D eigenvalue weighted by atomic mass is 15.2. The topological polar surface area (TPSA) is 6.48 Å². The number of hydrogen-bond acceptors (Lipinski definition) is 2. The number of fused-ring (bicyclic) bond motifs is 6. The Kier molecular flexibility index (Phi) is 8.57. The minimum atomic E-state index is -2.38. The van der Waals surface area contributed by atoms with E-state index < -0.39 is 6.85 Å². The molecule has 66 heavy (non-hydrogen) atoms. The number of benzene rings is 7. The van der Waals surface area contributed by atoms with Gasteiger partial charge in [-0.15, -0.1) is 0 Å². The van der Waals surface area contributed by atoms with Gasteiger partial charge in [0.05, 0.1) is 5.69 Å².